The Balaban J connectivity index is 0. The highest BCUT2D eigenvalue weighted by atomic mass is 16.5. The van der Waals surface area contributed by atoms with Crippen LogP contribution in [0.1, 0.15) is 76.1 Å². The molecular formula is C45H72N6O7. The summed E-state index contributed by atoms with van der Waals surface area (Å²) in [6.45, 7) is 13.6. The lowest BCUT2D eigenvalue weighted by Crippen LogP contribution is -2.44. The number of Topliss-reactive ketones (excluding diaryl/α,β-unsaturated/α-hetero) is 1. The minimum absolute atomic E-state index is 0. The number of ketones is 1. The smallest absolute Gasteiger partial charge is 0.323 e. The number of nitrogens with one attached hydrogen (secondary N) is 4. The largest absolute Gasteiger partial charge is 0.500 e. The third kappa shape index (κ3) is 11.3. The molecule has 6 rings (SSSR count). The van der Waals surface area contributed by atoms with Gasteiger partial charge in [0.1, 0.15) is 31.1 Å². The number of rotatable bonds is 17. The highest BCUT2D eigenvalue weighted by Gasteiger charge is 2.36. The summed E-state index contributed by atoms with van der Waals surface area (Å²) in [7, 11) is 3.33. The number of cyclic esters (lactones) is 1. The van der Waals surface area contributed by atoms with Crippen LogP contribution in [0.25, 0.3) is 11.1 Å². The Kier molecular flexibility index (Phi) is 18.1. The number of carbonyl (C=O) groups excluding carboxylic acids is 3. The van der Waals surface area contributed by atoms with E-state index in [-0.39, 0.29) is 55.7 Å². The summed E-state index contributed by atoms with van der Waals surface area (Å²) >= 11 is 0. The number of ether oxygens (including phenoxy) is 4. The Labute approximate surface area is 350 Å². The van der Waals surface area contributed by atoms with Crippen molar-refractivity contribution in [2.75, 3.05) is 57.8 Å². The molecule has 1 aromatic heterocycles. The van der Waals surface area contributed by atoms with Gasteiger partial charge < -0.3 is 45.0 Å². The molecule has 4 N–H and O–H groups in total. The first-order valence-corrected chi connectivity index (χ1v) is 19.1. The summed E-state index contributed by atoms with van der Waals surface area (Å²) in [6.07, 6.45) is 6.28. The Morgan fingerprint density at radius 3 is 2.21 bits per heavy atom. The van der Waals surface area contributed by atoms with Gasteiger partial charge in [-0.05, 0) is 74.1 Å². The first-order valence-electron chi connectivity index (χ1n) is 19.1. The molecule has 1 aliphatic carbocycles. The molecule has 2 aromatic carbocycles. The van der Waals surface area contributed by atoms with Gasteiger partial charge in [0.2, 0.25) is 0 Å². The van der Waals surface area contributed by atoms with E-state index in [0.29, 0.717) is 52.5 Å². The minimum atomic E-state index is -0.357. The normalized spacial score (nSPS) is 21.0. The fourth-order valence-corrected chi connectivity index (χ4v) is 7.41. The van der Waals surface area contributed by atoms with Crippen LogP contribution in [0.2, 0.25) is 0 Å². The number of aliphatic imine (C=N–C) groups is 1. The Morgan fingerprint density at radius 2 is 1.60 bits per heavy atom. The Hall–Kier alpha value is -5.11. The van der Waals surface area contributed by atoms with Gasteiger partial charge in [-0.1, -0.05) is 46.0 Å². The van der Waals surface area contributed by atoms with Crippen molar-refractivity contribution >= 4 is 35.6 Å². The van der Waals surface area contributed by atoms with Gasteiger partial charge in [-0.25, -0.2) is 0 Å². The van der Waals surface area contributed by atoms with Crippen LogP contribution in [-0.2, 0) is 41.7 Å². The molecule has 2 aliphatic heterocycles. The molecule has 3 heterocycles. The molecule has 3 aliphatic rings. The second kappa shape index (κ2) is 22.2. The van der Waals surface area contributed by atoms with Gasteiger partial charge in [0, 0.05) is 60.3 Å². The Morgan fingerprint density at radius 1 is 0.914 bits per heavy atom. The Bertz CT molecular complexity index is 1940. The third-order valence-electron chi connectivity index (χ3n) is 10.9. The third-order valence-corrected chi connectivity index (χ3v) is 10.9. The lowest BCUT2D eigenvalue weighted by molar-refractivity contribution is -0.139. The van der Waals surface area contributed by atoms with Crippen molar-refractivity contribution in [1.82, 2.24) is 15.6 Å². The average molecular weight is 809 g/mol. The van der Waals surface area contributed by atoms with Crippen LogP contribution < -0.4 is 26.0 Å². The van der Waals surface area contributed by atoms with Crippen LogP contribution in [-0.4, -0.2) is 88.5 Å². The molecule has 58 heavy (non-hydrogen) atoms. The van der Waals surface area contributed by atoms with Crippen LogP contribution in [0.15, 0.2) is 65.5 Å². The second-order valence-corrected chi connectivity index (χ2v) is 14.8. The van der Waals surface area contributed by atoms with Crippen LogP contribution >= 0.6 is 0 Å². The molecular weight excluding hydrogens is 737 g/mol. The number of hydrogen-bond donors (Lipinski definition) is 4. The first kappa shape index (κ1) is 47.3. The van der Waals surface area contributed by atoms with E-state index in [1.807, 2.05) is 25.9 Å². The molecule has 324 valence electrons. The number of anilines is 2. The lowest BCUT2D eigenvalue weighted by Gasteiger charge is -2.33. The molecule has 3 aromatic rings. The van der Waals surface area contributed by atoms with Crippen molar-refractivity contribution in [2.45, 2.75) is 87.0 Å². The predicted molar refractivity (Wildman–Crippen MR) is 240 cm³/mol. The number of esters is 1. The molecule has 13 heteroatoms. The van der Waals surface area contributed by atoms with E-state index in [2.05, 4.69) is 83.4 Å². The summed E-state index contributed by atoms with van der Waals surface area (Å²) < 4.78 is 22.5. The summed E-state index contributed by atoms with van der Waals surface area (Å²) in [4.78, 5) is 41.7. The molecule has 2 fully saturated rings. The summed E-state index contributed by atoms with van der Waals surface area (Å²) in [5, 5.41) is 13.8. The van der Waals surface area contributed by atoms with Crippen molar-refractivity contribution in [3.63, 3.8) is 0 Å². The number of pyridine rings is 1. The summed E-state index contributed by atoms with van der Waals surface area (Å²) in [6, 6.07) is 14.1. The number of nitrogens with zero attached hydrogens (tertiary/aromatic N) is 2. The lowest BCUT2D eigenvalue weighted by atomic mass is 9.85. The van der Waals surface area contributed by atoms with E-state index in [4.69, 9.17) is 28.7 Å². The molecule has 0 bridgehead atoms. The molecule has 4 atom stereocenters. The van der Waals surface area contributed by atoms with Crippen LogP contribution in [0.4, 0.5) is 11.4 Å². The van der Waals surface area contributed by atoms with Crippen molar-refractivity contribution in [2.24, 2.45) is 16.3 Å². The van der Waals surface area contributed by atoms with Gasteiger partial charge in [-0.2, -0.15) is 0 Å². The fourth-order valence-electron chi connectivity index (χ4n) is 7.41. The average Bonchev–Trinajstić information content (AvgIpc) is 3.78. The van der Waals surface area contributed by atoms with E-state index in [1.165, 1.54) is 0 Å². The number of carbonyl (C=O) groups is 3. The van der Waals surface area contributed by atoms with Crippen LogP contribution in [0.5, 0.6) is 5.75 Å². The van der Waals surface area contributed by atoms with Crippen LogP contribution in [0.3, 0.4) is 0 Å². The molecule has 0 amide bonds. The van der Waals surface area contributed by atoms with Crippen molar-refractivity contribution in [3.8, 4) is 16.9 Å². The van der Waals surface area contributed by atoms with E-state index < -0.39 is 0 Å². The number of hydrogen-bond acceptors (Lipinski definition) is 13. The van der Waals surface area contributed by atoms with Crippen LogP contribution in [0, 0.1) is 25.2 Å². The van der Waals surface area contributed by atoms with Gasteiger partial charge in [0.15, 0.2) is 5.78 Å². The molecule has 0 radical (unpaired) electrons. The zero-order valence-corrected chi connectivity index (χ0v) is 33.5. The maximum atomic E-state index is 12.3. The monoisotopic (exact) mass is 809 g/mol. The van der Waals surface area contributed by atoms with E-state index in [1.54, 1.807) is 20.4 Å². The number of dihydropyridines is 1. The van der Waals surface area contributed by atoms with Gasteiger partial charge in [0.25, 0.3) is 0 Å². The molecule has 1 saturated heterocycles. The summed E-state index contributed by atoms with van der Waals surface area (Å²) in [5.74, 6) is 1.78. The molecule has 1 saturated carbocycles. The zero-order valence-electron chi connectivity index (χ0n) is 33.5. The van der Waals surface area contributed by atoms with E-state index >= 15 is 0 Å². The fraction of sp³-hybridized carbons (Fsp3) is 0.489. The highest BCUT2D eigenvalue weighted by molar-refractivity contribution is 5.99. The number of benzene rings is 2. The quantitative estimate of drug-likeness (QED) is 0.0596. The molecule has 2 unspecified atom stereocenters. The maximum Gasteiger partial charge on any atom is 0.323 e. The number of aromatic nitrogens is 1. The zero-order chi connectivity index (χ0) is 40.2. The van der Waals surface area contributed by atoms with E-state index in [0.717, 1.165) is 74.9 Å². The standard InChI is InChI=1S/C42H54N6O6.CH2O.2CH4.4H2/c1-26-13-14-36(40(26)49)44-20-29-19-43-31(17-38(29)51-5)22-53-25-48-35-12-8-10-33(28(35)3)32-9-7-11-34(27(32)2)45-21-30-18-39(52-6)42(4,23-46-30)24-47-37-15-16-54-41(37)50;1-2;;;;;;/h7-12,17-19,26,36-37,44-45,47-48H,13-16,20-25H2,1-6H3;1H2;2*1H4;4*1H/t26?,36-,37-,42?;;;;;;;/m0......./s1. The van der Waals surface area contributed by atoms with Crippen molar-refractivity contribution in [3.05, 3.63) is 82.9 Å². The van der Waals surface area contributed by atoms with Crippen molar-refractivity contribution < 1.29 is 39.0 Å². The number of methoxy groups -OCH3 is 2. The first-order chi connectivity index (χ1) is 27.1. The second-order valence-electron chi connectivity index (χ2n) is 14.8. The van der Waals surface area contributed by atoms with Crippen molar-refractivity contribution in [1.29, 1.82) is 0 Å². The highest BCUT2D eigenvalue weighted by Crippen LogP contribution is 2.35. The van der Waals surface area contributed by atoms with Gasteiger partial charge in [-0.15, -0.1) is 0 Å². The predicted octanol–water partition coefficient (Wildman–Crippen LogP) is 7.80. The maximum absolute atomic E-state index is 12.3. The molecule has 0 spiro atoms. The van der Waals surface area contributed by atoms with Gasteiger partial charge in [0.05, 0.1) is 63.4 Å². The van der Waals surface area contributed by atoms with Gasteiger partial charge >= 0.3 is 5.97 Å². The van der Waals surface area contributed by atoms with E-state index in [9.17, 15) is 9.59 Å². The molecule has 13 nitrogen and oxygen atoms in total. The van der Waals surface area contributed by atoms with Gasteiger partial charge in [-0.3, -0.25) is 19.6 Å². The topological polar surface area (TPSA) is 162 Å². The SMILES string of the molecule is C.C.C=O.COC1=CC(CNc2cccc(-c3cccc(NCOCc4cc(OC)c(CN[C@H]5CCC(C)C5=O)cn4)c3C)c2C)=NCC1(C)CN[C@H]1CCOC1=O.[HH].[HH].[HH].[HH]. The summed E-state index contributed by atoms with van der Waals surface area (Å²) in [5.41, 5.74) is 8.79. The minimum Gasteiger partial charge on any atom is -0.500 e.